The molecule has 0 aromatic heterocycles. The Bertz CT molecular complexity index is 720. The highest BCUT2D eigenvalue weighted by Crippen LogP contribution is 2.29. The standard InChI is InChI=1S/C44H84N2O4/c1-3-5-7-21-27-39(35-41-37-49-41)29-23-17-13-9-11-15-19-25-31-43(47)45-33-34-46-44(48)32-26-20-16-12-10-14-18-24-30-40(36-42-38-50-42)28-22-8-6-4-2/h39-42H,3-38H2,1-2H3,(H,45,47)(H,46,48). The zero-order valence-corrected chi connectivity index (χ0v) is 33.4. The Morgan fingerprint density at radius 2 is 0.740 bits per heavy atom. The Hall–Kier alpha value is -1.14. The first-order valence-corrected chi connectivity index (χ1v) is 22.4. The van der Waals surface area contributed by atoms with Gasteiger partial charge in [-0.15, -0.1) is 0 Å². The molecule has 2 saturated heterocycles. The molecule has 2 aliphatic rings. The van der Waals surface area contributed by atoms with E-state index in [1.807, 2.05) is 0 Å². The van der Waals surface area contributed by atoms with Crippen molar-refractivity contribution in [3.63, 3.8) is 0 Å². The van der Waals surface area contributed by atoms with Crippen LogP contribution in [0.1, 0.15) is 219 Å². The van der Waals surface area contributed by atoms with Crippen molar-refractivity contribution in [1.29, 1.82) is 0 Å². The first-order valence-electron chi connectivity index (χ1n) is 22.4. The average Bonchev–Trinajstić information content (AvgIpc) is 4.06. The molecule has 2 heterocycles. The van der Waals surface area contributed by atoms with E-state index in [9.17, 15) is 9.59 Å². The first kappa shape index (κ1) is 45.0. The minimum absolute atomic E-state index is 0.121. The summed E-state index contributed by atoms with van der Waals surface area (Å²) in [6.45, 7) is 7.66. The third kappa shape index (κ3) is 29.4. The molecule has 0 saturated carbocycles. The summed E-state index contributed by atoms with van der Waals surface area (Å²) < 4.78 is 11.0. The molecule has 6 heteroatoms. The number of hydrogen-bond acceptors (Lipinski definition) is 4. The van der Waals surface area contributed by atoms with Crippen molar-refractivity contribution in [3.05, 3.63) is 0 Å². The lowest BCUT2D eigenvalue weighted by Gasteiger charge is -2.15. The SMILES string of the molecule is CCCCCCC(CCCCCCCCCCC(=O)NCCNC(=O)CCCCCCCCCCC(CCCCCC)CC1CO1)CC1CO1. The van der Waals surface area contributed by atoms with Gasteiger partial charge < -0.3 is 20.1 Å². The zero-order chi connectivity index (χ0) is 35.7. The molecular formula is C44H84N2O4. The summed E-state index contributed by atoms with van der Waals surface area (Å²) in [6.07, 6.45) is 41.7. The van der Waals surface area contributed by atoms with Crippen molar-refractivity contribution >= 4 is 11.8 Å². The predicted octanol–water partition coefficient (Wildman–Crippen LogP) is 11.8. The van der Waals surface area contributed by atoms with Gasteiger partial charge in [0.15, 0.2) is 0 Å². The normalized spacial score (nSPS) is 17.8. The fraction of sp³-hybridized carbons (Fsp3) is 0.955. The maximum absolute atomic E-state index is 12.2. The highest BCUT2D eigenvalue weighted by Gasteiger charge is 2.27. The average molecular weight is 705 g/mol. The molecule has 0 radical (unpaired) electrons. The van der Waals surface area contributed by atoms with E-state index in [1.54, 1.807) is 0 Å². The van der Waals surface area contributed by atoms with Crippen molar-refractivity contribution in [2.75, 3.05) is 26.3 Å². The van der Waals surface area contributed by atoms with Crippen LogP contribution in [0.3, 0.4) is 0 Å². The van der Waals surface area contributed by atoms with Crippen LogP contribution in [-0.2, 0) is 19.1 Å². The third-order valence-corrected chi connectivity index (χ3v) is 11.2. The van der Waals surface area contributed by atoms with Gasteiger partial charge in [0, 0.05) is 25.9 Å². The van der Waals surface area contributed by atoms with E-state index in [0.717, 1.165) is 50.7 Å². The number of ether oxygens (including phenoxy) is 2. The number of epoxide rings is 2. The lowest BCUT2D eigenvalue weighted by Crippen LogP contribution is -2.34. The summed E-state index contributed by atoms with van der Waals surface area (Å²) in [5.41, 5.74) is 0. The summed E-state index contributed by atoms with van der Waals surface area (Å²) in [4.78, 5) is 24.3. The van der Waals surface area contributed by atoms with Crippen molar-refractivity contribution in [3.8, 4) is 0 Å². The van der Waals surface area contributed by atoms with Crippen LogP contribution in [0.25, 0.3) is 0 Å². The molecular weight excluding hydrogens is 620 g/mol. The van der Waals surface area contributed by atoms with E-state index < -0.39 is 0 Å². The van der Waals surface area contributed by atoms with Gasteiger partial charge in [-0.1, -0.05) is 181 Å². The molecule has 2 N–H and O–H groups in total. The van der Waals surface area contributed by atoms with Crippen LogP contribution in [0.15, 0.2) is 0 Å². The maximum atomic E-state index is 12.2. The molecule has 2 fully saturated rings. The largest absolute Gasteiger partial charge is 0.373 e. The van der Waals surface area contributed by atoms with E-state index in [1.165, 1.54) is 167 Å². The van der Waals surface area contributed by atoms with Gasteiger partial charge in [0.25, 0.3) is 0 Å². The summed E-state index contributed by atoms with van der Waals surface area (Å²) in [5, 5.41) is 5.95. The maximum Gasteiger partial charge on any atom is 0.220 e. The molecule has 0 aromatic rings. The number of hydrogen-bond donors (Lipinski definition) is 2. The van der Waals surface area contributed by atoms with Gasteiger partial charge >= 0.3 is 0 Å². The smallest absolute Gasteiger partial charge is 0.220 e. The highest BCUT2D eigenvalue weighted by atomic mass is 16.6. The second kappa shape index (κ2) is 32.5. The minimum Gasteiger partial charge on any atom is -0.373 e. The Labute approximate surface area is 310 Å². The quantitative estimate of drug-likeness (QED) is 0.0493. The minimum atomic E-state index is 0.121. The molecule has 0 aromatic carbocycles. The number of unbranched alkanes of at least 4 members (excludes halogenated alkanes) is 20. The van der Waals surface area contributed by atoms with Gasteiger partial charge in [-0.05, 0) is 37.5 Å². The number of amides is 2. The predicted molar refractivity (Wildman–Crippen MR) is 212 cm³/mol. The van der Waals surface area contributed by atoms with Gasteiger partial charge in [-0.2, -0.15) is 0 Å². The molecule has 2 aliphatic heterocycles. The summed E-state index contributed by atoms with van der Waals surface area (Å²) >= 11 is 0. The van der Waals surface area contributed by atoms with Gasteiger partial charge in [0.2, 0.25) is 11.8 Å². The fourth-order valence-electron chi connectivity index (χ4n) is 7.77. The summed E-state index contributed by atoms with van der Waals surface area (Å²) in [7, 11) is 0. The molecule has 2 rings (SSSR count). The number of carbonyl (C=O) groups is 2. The van der Waals surface area contributed by atoms with Crippen molar-refractivity contribution in [2.45, 2.75) is 232 Å². The topological polar surface area (TPSA) is 83.3 Å². The van der Waals surface area contributed by atoms with Crippen LogP contribution in [-0.4, -0.2) is 50.3 Å². The number of carbonyl (C=O) groups excluding carboxylic acids is 2. The molecule has 2 amide bonds. The third-order valence-electron chi connectivity index (χ3n) is 11.2. The Morgan fingerprint density at radius 3 is 1.04 bits per heavy atom. The van der Waals surface area contributed by atoms with Crippen molar-refractivity contribution in [2.24, 2.45) is 11.8 Å². The molecule has 4 unspecified atom stereocenters. The molecule has 4 atom stereocenters. The molecule has 294 valence electrons. The van der Waals surface area contributed by atoms with Crippen LogP contribution in [0.4, 0.5) is 0 Å². The van der Waals surface area contributed by atoms with Crippen LogP contribution in [0, 0.1) is 11.8 Å². The lowest BCUT2D eigenvalue weighted by atomic mass is 9.90. The van der Waals surface area contributed by atoms with E-state index in [0.29, 0.717) is 38.1 Å². The van der Waals surface area contributed by atoms with E-state index in [4.69, 9.17) is 9.47 Å². The Morgan fingerprint density at radius 1 is 0.460 bits per heavy atom. The van der Waals surface area contributed by atoms with Crippen LogP contribution >= 0.6 is 0 Å². The first-order chi connectivity index (χ1) is 24.6. The van der Waals surface area contributed by atoms with Crippen molar-refractivity contribution < 1.29 is 19.1 Å². The van der Waals surface area contributed by atoms with Gasteiger partial charge in [-0.25, -0.2) is 0 Å². The van der Waals surface area contributed by atoms with Crippen LogP contribution in [0.5, 0.6) is 0 Å². The van der Waals surface area contributed by atoms with Gasteiger partial charge in [0.05, 0.1) is 25.4 Å². The highest BCUT2D eigenvalue weighted by molar-refractivity contribution is 5.77. The monoisotopic (exact) mass is 705 g/mol. The Balaban J connectivity index is 1.28. The molecule has 0 bridgehead atoms. The Kier molecular flexibility index (Phi) is 29.3. The van der Waals surface area contributed by atoms with Gasteiger partial charge in [0.1, 0.15) is 0 Å². The summed E-state index contributed by atoms with van der Waals surface area (Å²) in [6, 6.07) is 0. The number of nitrogens with one attached hydrogen (secondary N) is 2. The lowest BCUT2D eigenvalue weighted by molar-refractivity contribution is -0.123. The molecule has 6 nitrogen and oxygen atoms in total. The van der Waals surface area contributed by atoms with Crippen molar-refractivity contribution in [1.82, 2.24) is 10.6 Å². The second-order valence-electron chi connectivity index (χ2n) is 16.2. The van der Waals surface area contributed by atoms with Gasteiger partial charge in [-0.3, -0.25) is 9.59 Å². The molecule has 50 heavy (non-hydrogen) atoms. The van der Waals surface area contributed by atoms with E-state index in [2.05, 4.69) is 24.5 Å². The molecule has 0 aliphatic carbocycles. The van der Waals surface area contributed by atoms with E-state index >= 15 is 0 Å². The van der Waals surface area contributed by atoms with E-state index in [-0.39, 0.29) is 11.8 Å². The summed E-state index contributed by atoms with van der Waals surface area (Å²) in [5.74, 6) is 2.01. The molecule has 0 spiro atoms. The van der Waals surface area contributed by atoms with Crippen LogP contribution in [0.2, 0.25) is 0 Å². The zero-order valence-electron chi connectivity index (χ0n) is 33.4. The number of rotatable bonds is 39. The second-order valence-corrected chi connectivity index (χ2v) is 16.2. The fourth-order valence-corrected chi connectivity index (χ4v) is 7.77. The van der Waals surface area contributed by atoms with Crippen LogP contribution < -0.4 is 10.6 Å².